The topological polar surface area (TPSA) is 101 Å². The first-order valence-corrected chi connectivity index (χ1v) is 10.8. The molecule has 0 amide bonds. The molecule has 4 heterocycles. The van der Waals surface area contributed by atoms with E-state index >= 15 is 0 Å². The molecule has 8 nitrogen and oxygen atoms in total. The van der Waals surface area contributed by atoms with Gasteiger partial charge in [0.15, 0.2) is 0 Å². The van der Waals surface area contributed by atoms with Crippen LogP contribution in [0.15, 0.2) is 16.3 Å². The Morgan fingerprint density at radius 3 is 2.80 bits per heavy atom. The third-order valence-electron chi connectivity index (χ3n) is 5.17. The fourth-order valence-electron chi connectivity index (χ4n) is 3.71. The van der Waals surface area contributed by atoms with Gasteiger partial charge in [-0.3, -0.25) is 0 Å². The first-order valence-electron chi connectivity index (χ1n) is 8.51. The van der Waals surface area contributed by atoms with Crippen LogP contribution in [0.1, 0.15) is 32.1 Å². The summed E-state index contributed by atoms with van der Waals surface area (Å²) in [5.41, 5.74) is 0.0651. The van der Waals surface area contributed by atoms with Crippen molar-refractivity contribution in [1.82, 2.24) is 24.9 Å². The second-order valence-electron chi connectivity index (χ2n) is 6.76. The van der Waals surface area contributed by atoms with Gasteiger partial charge in [0.2, 0.25) is 5.82 Å². The van der Waals surface area contributed by atoms with Gasteiger partial charge in [0.05, 0.1) is 4.88 Å². The average Bonchev–Trinajstić information content (AvgIpc) is 3.26. The Morgan fingerprint density at radius 1 is 1.20 bits per heavy atom. The van der Waals surface area contributed by atoms with Gasteiger partial charge in [-0.2, -0.15) is 9.52 Å². The van der Waals surface area contributed by atoms with Crippen LogP contribution in [0.4, 0.5) is 0 Å². The molecule has 0 aromatic carbocycles. The van der Waals surface area contributed by atoms with Crippen LogP contribution in [0.2, 0.25) is 0 Å². The van der Waals surface area contributed by atoms with Gasteiger partial charge in [-0.1, -0.05) is 6.42 Å². The lowest BCUT2D eigenvalue weighted by Crippen LogP contribution is -2.42. The summed E-state index contributed by atoms with van der Waals surface area (Å²) in [6.45, 7) is 2.64. The molecule has 1 N–H and O–H groups in total. The van der Waals surface area contributed by atoms with Gasteiger partial charge in [-0.15, -0.1) is 21.5 Å². The molecule has 2 fully saturated rings. The number of aromatic amines is 1. The lowest BCUT2D eigenvalue weighted by Gasteiger charge is -2.38. The van der Waals surface area contributed by atoms with Crippen LogP contribution in [-0.4, -0.2) is 59.7 Å². The van der Waals surface area contributed by atoms with E-state index in [9.17, 15) is 8.42 Å². The number of tetrazole rings is 1. The maximum Gasteiger partial charge on any atom is 0.252 e. The SMILES string of the molecule is O=S(=O)(c1ccc(-c2nn[nH]n2)s1)N1CCCCC2(CCOCC2)C1. The molecule has 0 aliphatic carbocycles. The lowest BCUT2D eigenvalue weighted by atomic mass is 9.77. The van der Waals surface area contributed by atoms with Gasteiger partial charge in [0, 0.05) is 26.3 Å². The van der Waals surface area contributed by atoms with Crippen molar-refractivity contribution in [3.63, 3.8) is 0 Å². The number of rotatable bonds is 3. The van der Waals surface area contributed by atoms with E-state index in [1.165, 1.54) is 11.3 Å². The summed E-state index contributed by atoms with van der Waals surface area (Å²) in [6.07, 6.45) is 4.95. The summed E-state index contributed by atoms with van der Waals surface area (Å²) < 4.78 is 33.9. The highest BCUT2D eigenvalue weighted by Crippen LogP contribution is 2.41. The van der Waals surface area contributed by atoms with Crippen molar-refractivity contribution < 1.29 is 13.2 Å². The van der Waals surface area contributed by atoms with Crippen molar-refractivity contribution >= 4 is 21.4 Å². The summed E-state index contributed by atoms with van der Waals surface area (Å²) in [6, 6.07) is 3.39. The molecule has 10 heteroatoms. The summed E-state index contributed by atoms with van der Waals surface area (Å²) in [7, 11) is -3.51. The molecule has 25 heavy (non-hydrogen) atoms. The predicted octanol–water partition coefficient (Wildman–Crippen LogP) is 1.90. The first kappa shape index (κ1) is 17.1. The molecule has 136 valence electrons. The number of nitrogens with one attached hydrogen (secondary N) is 1. The smallest absolute Gasteiger partial charge is 0.252 e. The van der Waals surface area contributed by atoms with Crippen molar-refractivity contribution in [3.05, 3.63) is 12.1 Å². The number of H-pyrrole nitrogens is 1. The average molecular weight is 383 g/mol. The number of sulfonamides is 1. The van der Waals surface area contributed by atoms with E-state index in [1.807, 2.05) is 0 Å². The van der Waals surface area contributed by atoms with E-state index in [0.717, 1.165) is 45.3 Å². The molecule has 0 saturated carbocycles. The van der Waals surface area contributed by atoms with E-state index in [1.54, 1.807) is 16.4 Å². The molecule has 0 unspecified atom stereocenters. The van der Waals surface area contributed by atoms with Crippen molar-refractivity contribution in [3.8, 4) is 10.7 Å². The Hall–Kier alpha value is -1.36. The molecule has 0 atom stereocenters. The molecule has 2 aromatic rings. The van der Waals surface area contributed by atoms with Gasteiger partial charge < -0.3 is 4.74 Å². The third kappa shape index (κ3) is 3.35. The van der Waals surface area contributed by atoms with E-state index < -0.39 is 10.0 Å². The molecular formula is C15H21N5O3S2. The Kier molecular flexibility index (Phi) is 4.61. The molecule has 0 bridgehead atoms. The van der Waals surface area contributed by atoms with Crippen molar-refractivity contribution in [2.75, 3.05) is 26.3 Å². The van der Waals surface area contributed by atoms with E-state index in [2.05, 4.69) is 20.6 Å². The van der Waals surface area contributed by atoms with Crippen LogP contribution in [0.3, 0.4) is 0 Å². The van der Waals surface area contributed by atoms with Crippen LogP contribution in [0.5, 0.6) is 0 Å². The van der Waals surface area contributed by atoms with Gasteiger partial charge >= 0.3 is 0 Å². The molecule has 0 radical (unpaired) electrons. The normalized spacial score (nSPS) is 22.1. The number of ether oxygens (including phenoxy) is 1. The minimum Gasteiger partial charge on any atom is -0.381 e. The van der Waals surface area contributed by atoms with Gasteiger partial charge in [-0.05, 0) is 48.4 Å². The number of nitrogens with zero attached hydrogens (tertiary/aromatic N) is 4. The standard InChI is InChI=1S/C15H21N5O3S2/c21-25(22,13-4-3-12(24-13)14-16-18-19-17-14)20-8-2-1-5-15(11-20)6-9-23-10-7-15/h3-4H,1-2,5-11H2,(H,16,17,18,19). The summed E-state index contributed by atoms with van der Waals surface area (Å²) in [5.74, 6) is 0.420. The Morgan fingerprint density at radius 2 is 2.04 bits per heavy atom. The zero-order valence-electron chi connectivity index (χ0n) is 13.8. The first-order chi connectivity index (χ1) is 12.1. The molecule has 1 spiro atoms. The number of hydrogen-bond donors (Lipinski definition) is 1. The van der Waals surface area contributed by atoms with Crippen LogP contribution >= 0.6 is 11.3 Å². The molecule has 2 aliphatic heterocycles. The Bertz CT molecular complexity index is 812. The lowest BCUT2D eigenvalue weighted by molar-refractivity contribution is 0.00554. The molecule has 2 aromatic heterocycles. The molecule has 2 aliphatic rings. The van der Waals surface area contributed by atoms with Crippen LogP contribution in [-0.2, 0) is 14.8 Å². The summed E-state index contributed by atoms with van der Waals surface area (Å²) in [4.78, 5) is 0.697. The number of hydrogen-bond acceptors (Lipinski definition) is 7. The van der Waals surface area contributed by atoms with E-state index in [4.69, 9.17) is 4.74 Å². The highest BCUT2D eigenvalue weighted by Gasteiger charge is 2.40. The molecular weight excluding hydrogens is 362 g/mol. The van der Waals surface area contributed by atoms with E-state index in [0.29, 0.717) is 28.0 Å². The minimum absolute atomic E-state index is 0.0651. The van der Waals surface area contributed by atoms with Crippen molar-refractivity contribution in [2.24, 2.45) is 5.41 Å². The fraction of sp³-hybridized carbons (Fsp3) is 0.667. The number of thiophene rings is 1. The largest absolute Gasteiger partial charge is 0.381 e. The minimum atomic E-state index is -3.51. The highest BCUT2D eigenvalue weighted by atomic mass is 32.2. The monoisotopic (exact) mass is 383 g/mol. The third-order valence-corrected chi connectivity index (χ3v) is 8.56. The number of aromatic nitrogens is 4. The summed E-state index contributed by atoms with van der Waals surface area (Å²) >= 11 is 1.19. The quantitative estimate of drug-likeness (QED) is 0.869. The zero-order valence-corrected chi connectivity index (χ0v) is 15.5. The van der Waals surface area contributed by atoms with Crippen LogP contribution in [0, 0.1) is 5.41 Å². The fourth-order valence-corrected chi connectivity index (χ4v) is 6.69. The van der Waals surface area contributed by atoms with Gasteiger partial charge in [-0.25, -0.2) is 8.42 Å². The zero-order chi connectivity index (χ0) is 17.3. The van der Waals surface area contributed by atoms with E-state index in [-0.39, 0.29) is 5.41 Å². The maximum atomic E-state index is 13.2. The molecule has 4 rings (SSSR count). The van der Waals surface area contributed by atoms with Crippen molar-refractivity contribution in [2.45, 2.75) is 36.3 Å². The predicted molar refractivity (Wildman–Crippen MR) is 92.6 cm³/mol. The van der Waals surface area contributed by atoms with Crippen LogP contribution in [0.25, 0.3) is 10.7 Å². The summed E-state index contributed by atoms with van der Waals surface area (Å²) in [5, 5.41) is 13.8. The maximum absolute atomic E-state index is 13.2. The highest BCUT2D eigenvalue weighted by molar-refractivity contribution is 7.91. The molecule has 2 saturated heterocycles. The second-order valence-corrected chi connectivity index (χ2v) is 10.0. The van der Waals surface area contributed by atoms with Gasteiger partial charge in [0.1, 0.15) is 4.21 Å². The Labute approximate surface area is 150 Å². The van der Waals surface area contributed by atoms with Crippen molar-refractivity contribution in [1.29, 1.82) is 0 Å². The van der Waals surface area contributed by atoms with Crippen LogP contribution < -0.4 is 0 Å². The Balaban J connectivity index is 1.60. The van der Waals surface area contributed by atoms with Gasteiger partial charge in [0.25, 0.3) is 10.0 Å². The second kappa shape index (κ2) is 6.75.